The van der Waals surface area contributed by atoms with E-state index in [-0.39, 0.29) is 11.8 Å². The molecule has 1 saturated heterocycles. The van der Waals surface area contributed by atoms with E-state index in [0.717, 1.165) is 56.2 Å². The summed E-state index contributed by atoms with van der Waals surface area (Å²) in [6.07, 6.45) is 1.33. The van der Waals surface area contributed by atoms with Crippen LogP contribution in [0.1, 0.15) is 18.9 Å². The van der Waals surface area contributed by atoms with E-state index in [2.05, 4.69) is 10.2 Å². The Bertz CT molecular complexity index is 597. The van der Waals surface area contributed by atoms with Gasteiger partial charge in [-0.2, -0.15) is 0 Å². The number of carbonyl (C=O) groups excluding carboxylic acids is 2. The van der Waals surface area contributed by atoms with E-state index in [4.69, 9.17) is 4.74 Å². The molecule has 0 bridgehead atoms. The molecule has 0 saturated carbocycles. The van der Waals surface area contributed by atoms with Gasteiger partial charge in [0.1, 0.15) is 0 Å². The van der Waals surface area contributed by atoms with Crippen LogP contribution in [-0.4, -0.2) is 56.1 Å². The van der Waals surface area contributed by atoms with Gasteiger partial charge in [0.25, 0.3) is 0 Å². The van der Waals surface area contributed by atoms with Gasteiger partial charge in [-0.05, 0) is 18.1 Å². The van der Waals surface area contributed by atoms with Gasteiger partial charge in [0, 0.05) is 39.5 Å². The van der Waals surface area contributed by atoms with Crippen LogP contribution in [0.4, 0.5) is 11.4 Å². The van der Waals surface area contributed by atoms with E-state index in [1.54, 1.807) is 0 Å². The van der Waals surface area contributed by atoms with Crippen LogP contribution in [0.15, 0.2) is 18.2 Å². The zero-order chi connectivity index (χ0) is 16.2. The number of hydrogen-bond donors (Lipinski definition) is 1. The normalized spacial score (nSPS) is 17.9. The van der Waals surface area contributed by atoms with E-state index in [1.165, 1.54) is 6.92 Å². The maximum Gasteiger partial charge on any atom is 0.228 e. The van der Waals surface area contributed by atoms with Crippen LogP contribution >= 0.6 is 0 Å². The van der Waals surface area contributed by atoms with Gasteiger partial charge in [-0.15, -0.1) is 0 Å². The molecule has 2 aliphatic rings. The fourth-order valence-corrected chi connectivity index (χ4v) is 3.21. The lowest BCUT2D eigenvalue weighted by atomic mass is 10.1. The number of carbonyl (C=O) groups is 2. The van der Waals surface area contributed by atoms with Crippen LogP contribution in [0, 0.1) is 0 Å². The Morgan fingerprint density at radius 3 is 2.74 bits per heavy atom. The average Bonchev–Trinajstić information content (AvgIpc) is 2.98. The summed E-state index contributed by atoms with van der Waals surface area (Å²) in [5, 5.41) is 2.84. The van der Waals surface area contributed by atoms with Crippen molar-refractivity contribution >= 4 is 23.2 Å². The summed E-state index contributed by atoms with van der Waals surface area (Å²) in [5.74, 6) is -0.000871. The molecule has 2 heterocycles. The Morgan fingerprint density at radius 2 is 2.00 bits per heavy atom. The molecule has 1 fully saturated rings. The molecular formula is C17H23N3O3. The first-order valence-electron chi connectivity index (χ1n) is 8.15. The minimum absolute atomic E-state index is 0.119. The van der Waals surface area contributed by atoms with Crippen molar-refractivity contribution in [2.75, 3.05) is 49.6 Å². The maximum atomic E-state index is 12.6. The molecule has 0 spiro atoms. The number of fused-ring (bicyclic) bond motifs is 1. The fourth-order valence-electron chi connectivity index (χ4n) is 3.21. The molecule has 6 heteroatoms. The Hall–Kier alpha value is -1.92. The molecule has 0 atom stereocenters. The van der Waals surface area contributed by atoms with Crippen molar-refractivity contribution in [3.05, 3.63) is 23.8 Å². The van der Waals surface area contributed by atoms with Crippen LogP contribution in [0.2, 0.25) is 0 Å². The molecule has 0 aliphatic carbocycles. The second-order valence-electron chi connectivity index (χ2n) is 5.99. The first kappa shape index (κ1) is 16.0. The van der Waals surface area contributed by atoms with Crippen molar-refractivity contribution < 1.29 is 14.3 Å². The SMILES string of the molecule is CC(=O)Nc1cccc2c1N(C(=O)CCN1CCOCC1)CC2. The van der Waals surface area contributed by atoms with E-state index in [9.17, 15) is 9.59 Å². The number of nitrogens with zero attached hydrogens (tertiary/aromatic N) is 2. The maximum absolute atomic E-state index is 12.6. The van der Waals surface area contributed by atoms with E-state index in [0.29, 0.717) is 13.0 Å². The van der Waals surface area contributed by atoms with Crippen LogP contribution in [0.3, 0.4) is 0 Å². The molecule has 1 aromatic carbocycles. The van der Waals surface area contributed by atoms with Gasteiger partial charge in [0.15, 0.2) is 0 Å². The molecule has 23 heavy (non-hydrogen) atoms. The first-order chi connectivity index (χ1) is 11.1. The Morgan fingerprint density at radius 1 is 1.22 bits per heavy atom. The molecule has 0 unspecified atom stereocenters. The number of anilines is 2. The van der Waals surface area contributed by atoms with Gasteiger partial charge >= 0.3 is 0 Å². The predicted molar refractivity (Wildman–Crippen MR) is 88.7 cm³/mol. The highest BCUT2D eigenvalue weighted by Crippen LogP contribution is 2.35. The number of rotatable bonds is 4. The van der Waals surface area contributed by atoms with Gasteiger partial charge in [-0.25, -0.2) is 0 Å². The lowest BCUT2D eigenvalue weighted by Gasteiger charge is -2.27. The van der Waals surface area contributed by atoms with Crippen molar-refractivity contribution in [2.24, 2.45) is 0 Å². The number of nitrogens with one attached hydrogen (secondary N) is 1. The highest BCUT2D eigenvalue weighted by Gasteiger charge is 2.27. The van der Waals surface area contributed by atoms with Crippen molar-refractivity contribution in [1.29, 1.82) is 0 Å². The zero-order valence-electron chi connectivity index (χ0n) is 13.5. The van der Waals surface area contributed by atoms with Crippen LogP contribution < -0.4 is 10.2 Å². The Labute approximate surface area is 136 Å². The Kier molecular flexibility index (Phi) is 4.93. The molecule has 3 rings (SSSR count). The van der Waals surface area contributed by atoms with Crippen LogP contribution in [0.5, 0.6) is 0 Å². The fraction of sp³-hybridized carbons (Fsp3) is 0.529. The smallest absolute Gasteiger partial charge is 0.228 e. The summed E-state index contributed by atoms with van der Waals surface area (Å²) < 4.78 is 5.33. The van der Waals surface area contributed by atoms with Crippen molar-refractivity contribution in [2.45, 2.75) is 19.8 Å². The molecule has 0 radical (unpaired) electrons. The zero-order valence-corrected chi connectivity index (χ0v) is 13.5. The molecular weight excluding hydrogens is 294 g/mol. The number of amides is 2. The minimum Gasteiger partial charge on any atom is -0.379 e. The summed E-state index contributed by atoms with van der Waals surface area (Å²) in [6.45, 7) is 6.20. The van der Waals surface area contributed by atoms with Crippen molar-refractivity contribution in [3.63, 3.8) is 0 Å². The van der Waals surface area contributed by atoms with Gasteiger partial charge < -0.3 is 15.0 Å². The van der Waals surface area contributed by atoms with E-state index in [1.807, 2.05) is 23.1 Å². The largest absolute Gasteiger partial charge is 0.379 e. The third-order valence-corrected chi connectivity index (χ3v) is 4.35. The highest BCUT2D eigenvalue weighted by molar-refractivity contribution is 6.02. The third kappa shape index (κ3) is 3.71. The quantitative estimate of drug-likeness (QED) is 0.908. The van der Waals surface area contributed by atoms with Crippen molar-refractivity contribution in [1.82, 2.24) is 4.90 Å². The lowest BCUT2D eigenvalue weighted by Crippen LogP contribution is -2.39. The van der Waals surface area contributed by atoms with E-state index >= 15 is 0 Å². The standard InChI is InChI=1S/C17H23N3O3/c1-13(21)18-15-4-2-3-14-5-8-20(17(14)15)16(22)6-7-19-9-11-23-12-10-19/h2-4H,5-12H2,1H3,(H,18,21). The summed E-state index contributed by atoms with van der Waals surface area (Å²) in [7, 11) is 0. The molecule has 2 aliphatic heterocycles. The average molecular weight is 317 g/mol. The van der Waals surface area contributed by atoms with Crippen molar-refractivity contribution in [3.8, 4) is 0 Å². The molecule has 2 amide bonds. The molecule has 6 nitrogen and oxygen atoms in total. The van der Waals surface area contributed by atoms with Gasteiger partial charge in [-0.3, -0.25) is 14.5 Å². The molecule has 1 aromatic rings. The van der Waals surface area contributed by atoms with Crippen LogP contribution in [-0.2, 0) is 20.7 Å². The third-order valence-electron chi connectivity index (χ3n) is 4.35. The minimum atomic E-state index is -0.119. The molecule has 0 aromatic heterocycles. The second-order valence-corrected chi connectivity index (χ2v) is 5.99. The van der Waals surface area contributed by atoms with Gasteiger partial charge in [-0.1, -0.05) is 12.1 Å². The monoisotopic (exact) mass is 317 g/mol. The first-order valence-corrected chi connectivity index (χ1v) is 8.15. The number of hydrogen-bond acceptors (Lipinski definition) is 4. The van der Waals surface area contributed by atoms with E-state index < -0.39 is 0 Å². The summed E-state index contributed by atoms with van der Waals surface area (Å²) >= 11 is 0. The molecule has 1 N–H and O–H groups in total. The molecule has 124 valence electrons. The summed E-state index contributed by atoms with van der Waals surface area (Å²) in [6, 6.07) is 5.80. The second kappa shape index (κ2) is 7.10. The van der Waals surface area contributed by atoms with Gasteiger partial charge in [0.2, 0.25) is 11.8 Å². The predicted octanol–water partition coefficient (Wildman–Crippen LogP) is 1.26. The number of para-hydroxylation sites is 1. The summed E-state index contributed by atoms with van der Waals surface area (Å²) in [4.78, 5) is 28.1. The van der Waals surface area contributed by atoms with Gasteiger partial charge in [0.05, 0.1) is 24.6 Å². The van der Waals surface area contributed by atoms with Crippen LogP contribution in [0.25, 0.3) is 0 Å². The number of ether oxygens (including phenoxy) is 1. The summed E-state index contributed by atoms with van der Waals surface area (Å²) in [5.41, 5.74) is 2.72. The number of benzene rings is 1. The number of morpholine rings is 1. The topological polar surface area (TPSA) is 61.9 Å². The lowest BCUT2D eigenvalue weighted by molar-refractivity contribution is -0.119. The Balaban J connectivity index is 1.68. The highest BCUT2D eigenvalue weighted by atomic mass is 16.5.